The molecule has 88 valence electrons. The second kappa shape index (κ2) is 4.99. The molecule has 1 aromatic rings. The summed E-state index contributed by atoms with van der Waals surface area (Å²) in [6.07, 6.45) is 0.457. The molecule has 0 aliphatic heterocycles. The van der Waals surface area contributed by atoms with Crippen molar-refractivity contribution in [3.05, 3.63) is 28.8 Å². The first-order valence-corrected chi connectivity index (χ1v) is 5.19. The number of phenolic OH excluding ortho intramolecular Hbond substituents is 1. The van der Waals surface area contributed by atoms with Gasteiger partial charge in [-0.2, -0.15) is 0 Å². The second-order valence-electron chi connectivity index (χ2n) is 4.04. The van der Waals surface area contributed by atoms with Crippen molar-refractivity contribution >= 4 is 5.97 Å². The fourth-order valence-corrected chi connectivity index (χ4v) is 1.65. The highest BCUT2D eigenvalue weighted by Crippen LogP contribution is 2.26. The summed E-state index contributed by atoms with van der Waals surface area (Å²) in [7, 11) is 0. The van der Waals surface area contributed by atoms with Crippen molar-refractivity contribution in [1.29, 1.82) is 0 Å². The van der Waals surface area contributed by atoms with Gasteiger partial charge in [-0.25, -0.2) is 0 Å². The van der Waals surface area contributed by atoms with Crippen LogP contribution in [0.4, 0.5) is 0 Å². The lowest BCUT2D eigenvalue weighted by Gasteiger charge is -2.13. The van der Waals surface area contributed by atoms with Gasteiger partial charge in [-0.05, 0) is 37.0 Å². The van der Waals surface area contributed by atoms with Gasteiger partial charge in [0, 0.05) is 12.5 Å². The number of aryl methyl sites for hydroxylation is 2. The van der Waals surface area contributed by atoms with Gasteiger partial charge in [0.2, 0.25) is 0 Å². The van der Waals surface area contributed by atoms with E-state index in [9.17, 15) is 9.90 Å². The Morgan fingerprint density at radius 3 is 2.31 bits per heavy atom. The largest absolute Gasteiger partial charge is 0.507 e. The van der Waals surface area contributed by atoms with E-state index in [0.29, 0.717) is 6.42 Å². The molecule has 0 aliphatic rings. The van der Waals surface area contributed by atoms with Gasteiger partial charge in [0.1, 0.15) is 5.75 Å². The predicted molar refractivity (Wildman–Crippen MR) is 61.4 cm³/mol. The second-order valence-corrected chi connectivity index (χ2v) is 4.04. The molecule has 0 fully saturated rings. The Hall–Kier alpha value is -1.55. The van der Waals surface area contributed by atoms with E-state index in [1.54, 1.807) is 26.0 Å². The van der Waals surface area contributed by atoms with Gasteiger partial charge in [-0.1, -0.05) is 12.1 Å². The highest BCUT2D eigenvalue weighted by molar-refractivity contribution is 5.66. The Morgan fingerprint density at radius 1 is 1.38 bits per heavy atom. The van der Waals surface area contributed by atoms with Crippen LogP contribution in [-0.4, -0.2) is 16.2 Å². The Balaban J connectivity index is 2.84. The smallest absolute Gasteiger partial charge is 0.303 e. The van der Waals surface area contributed by atoms with E-state index in [-0.39, 0.29) is 18.2 Å². The molecular weight excluding hydrogens is 206 g/mol. The number of nitrogens with two attached hydrogens (primary N) is 1. The van der Waals surface area contributed by atoms with Crippen LogP contribution >= 0.6 is 0 Å². The van der Waals surface area contributed by atoms with Crippen molar-refractivity contribution in [2.45, 2.75) is 32.7 Å². The molecule has 1 aromatic carbocycles. The van der Waals surface area contributed by atoms with Crippen LogP contribution in [0.2, 0.25) is 0 Å². The molecule has 1 unspecified atom stereocenters. The summed E-state index contributed by atoms with van der Waals surface area (Å²) in [4.78, 5) is 10.4. The SMILES string of the molecule is Cc1cc(C(N)CCC(=O)O)cc(C)c1O. The van der Waals surface area contributed by atoms with Gasteiger partial charge in [-0.3, -0.25) is 4.79 Å². The van der Waals surface area contributed by atoms with E-state index in [4.69, 9.17) is 10.8 Å². The van der Waals surface area contributed by atoms with Crippen molar-refractivity contribution in [2.24, 2.45) is 5.73 Å². The summed E-state index contributed by atoms with van der Waals surface area (Å²) >= 11 is 0. The lowest BCUT2D eigenvalue weighted by Crippen LogP contribution is -2.12. The van der Waals surface area contributed by atoms with Crippen molar-refractivity contribution < 1.29 is 15.0 Å². The number of aromatic hydroxyl groups is 1. The van der Waals surface area contributed by atoms with Crippen LogP contribution < -0.4 is 5.73 Å². The predicted octanol–water partition coefficient (Wildman–Crippen LogP) is 1.87. The molecule has 0 spiro atoms. The molecule has 1 rings (SSSR count). The molecular formula is C12H17NO3. The van der Waals surface area contributed by atoms with E-state index in [0.717, 1.165) is 16.7 Å². The van der Waals surface area contributed by atoms with E-state index < -0.39 is 5.97 Å². The maximum absolute atomic E-state index is 10.4. The van der Waals surface area contributed by atoms with Gasteiger partial charge in [-0.15, -0.1) is 0 Å². The van der Waals surface area contributed by atoms with Gasteiger partial charge < -0.3 is 15.9 Å². The maximum atomic E-state index is 10.4. The van der Waals surface area contributed by atoms with Gasteiger partial charge >= 0.3 is 5.97 Å². The first-order chi connectivity index (χ1) is 7.41. The third-order valence-electron chi connectivity index (χ3n) is 2.61. The summed E-state index contributed by atoms with van der Waals surface area (Å²) in [5.74, 6) is -0.572. The van der Waals surface area contributed by atoms with Crippen molar-refractivity contribution in [3.8, 4) is 5.75 Å². The fourth-order valence-electron chi connectivity index (χ4n) is 1.65. The van der Waals surface area contributed by atoms with E-state index >= 15 is 0 Å². The van der Waals surface area contributed by atoms with Crippen LogP contribution in [0.25, 0.3) is 0 Å². The Kier molecular flexibility index (Phi) is 3.90. The zero-order chi connectivity index (χ0) is 12.3. The Bertz CT molecular complexity index is 378. The Labute approximate surface area is 94.7 Å². The number of hydrogen-bond donors (Lipinski definition) is 3. The first kappa shape index (κ1) is 12.5. The minimum absolute atomic E-state index is 0.0557. The average molecular weight is 223 g/mol. The van der Waals surface area contributed by atoms with Crippen LogP contribution in [0.5, 0.6) is 5.75 Å². The fraction of sp³-hybridized carbons (Fsp3) is 0.417. The molecule has 0 bridgehead atoms. The summed E-state index contributed by atoms with van der Waals surface area (Å²) in [6, 6.07) is 3.30. The molecule has 0 radical (unpaired) electrons. The molecule has 0 aromatic heterocycles. The van der Waals surface area contributed by atoms with Crippen LogP contribution in [0.15, 0.2) is 12.1 Å². The average Bonchev–Trinajstić information content (AvgIpc) is 2.21. The summed E-state index contributed by atoms with van der Waals surface area (Å²) in [5, 5.41) is 18.2. The monoisotopic (exact) mass is 223 g/mol. The molecule has 16 heavy (non-hydrogen) atoms. The standard InChI is InChI=1S/C12H17NO3/c1-7-5-9(6-8(2)12(7)16)10(13)3-4-11(14)15/h5-6,10,16H,3-4,13H2,1-2H3,(H,14,15). The van der Waals surface area contributed by atoms with Crippen LogP contribution in [0, 0.1) is 13.8 Å². The number of benzene rings is 1. The summed E-state index contributed by atoms with van der Waals surface area (Å²) < 4.78 is 0. The van der Waals surface area contributed by atoms with Gasteiger partial charge in [0.25, 0.3) is 0 Å². The number of rotatable bonds is 4. The molecule has 0 saturated heterocycles. The van der Waals surface area contributed by atoms with Crippen LogP contribution in [0.3, 0.4) is 0 Å². The van der Waals surface area contributed by atoms with Crippen molar-refractivity contribution in [3.63, 3.8) is 0 Å². The summed E-state index contributed by atoms with van der Waals surface area (Å²) in [5.41, 5.74) is 8.28. The van der Waals surface area contributed by atoms with E-state index in [1.165, 1.54) is 0 Å². The number of aliphatic carboxylic acids is 1. The molecule has 0 heterocycles. The zero-order valence-corrected chi connectivity index (χ0v) is 9.53. The third-order valence-corrected chi connectivity index (χ3v) is 2.61. The van der Waals surface area contributed by atoms with Crippen molar-refractivity contribution in [1.82, 2.24) is 0 Å². The lowest BCUT2D eigenvalue weighted by atomic mass is 9.98. The first-order valence-electron chi connectivity index (χ1n) is 5.19. The molecule has 0 saturated carbocycles. The minimum Gasteiger partial charge on any atom is -0.507 e. The number of carboxylic acid groups (broad SMARTS) is 1. The minimum atomic E-state index is -0.845. The van der Waals surface area contributed by atoms with Crippen molar-refractivity contribution in [2.75, 3.05) is 0 Å². The van der Waals surface area contributed by atoms with Gasteiger partial charge in [0.15, 0.2) is 0 Å². The zero-order valence-electron chi connectivity index (χ0n) is 9.53. The molecule has 0 aliphatic carbocycles. The number of phenols is 1. The molecule has 1 atom stereocenters. The molecule has 0 amide bonds. The van der Waals surface area contributed by atoms with Crippen LogP contribution in [-0.2, 0) is 4.79 Å². The normalized spacial score (nSPS) is 12.4. The number of hydrogen-bond acceptors (Lipinski definition) is 3. The van der Waals surface area contributed by atoms with E-state index in [2.05, 4.69) is 0 Å². The lowest BCUT2D eigenvalue weighted by molar-refractivity contribution is -0.137. The van der Waals surface area contributed by atoms with Gasteiger partial charge in [0.05, 0.1) is 0 Å². The molecule has 4 heteroatoms. The van der Waals surface area contributed by atoms with E-state index in [1.807, 2.05) is 0 Å². The summed E-state index contributed by atoms with van der Waals surface area (Å²) in [6.45, 7) is 3.60. The maximum Gasteiger partial charge on any atom is 0.303 e. The Morgan fingerprint density at radius 2 is 1.88 bits per heavy atom. The highest BCUT2D eigenvalue weighted by Gasteiger charge is 2.11. The topological polar surface area (TPSA) is 83.6 Å². The number of carbonyl (C=O) groups is 1. The quantitative estimate of drug-likeness (QED) is 0.727. The molecule has 4 nitrogen and oxygen atoms in total. The highest BCUT2D eigenvalue weighted by atomic mass is 16.4. The molecule has 4 N–H and O–H groups in total. The third kappa shape index (κ3) is 2.97. The van der Waals surface area contributed by atoms with Crippen LogP contribution in [0.1, 0.15) is 35.6 Å². The number of carboxylic acids is 1.